The van der Waals surface area contributed by atoms with E-state index in [0.717, 1.165) is 25.9 Å². The number of fused-ring (bicyclic) bond motifs is 2. The van der Waals surface area contributed by atoms with E-state index in [2.05, 4.69) is 18.4 Å². The average molecular weight is 323 g/mol. The highest BCUT2D eigenvalue weighted by Gasteiger charge is 2.46. The minimum Gasteiger partial charge on any atom is -0.444 e. The van der Waals surface area contributed by atoms with Crippen LogP contribution in [0.25, 0.3) is 0 Å². The maximum atomic E-state index is 12.4. The lowest BCUT2D eigenvalue weighted by Crippen LogP contribution is -2.53. The summed E-state index contributed by atoms with van der Waals surface area (Å²) in [5.41, 5.74) is 0.780. The SMILES string of the molecule is C[C@H]1C[C@@]2(CCN1C(=O)OC(C)(C)C)OCCc1ccsc12. The summed E-state index contributed by atoms with van der Waals surface area (Å²) in [5.74, 6) is 0. The van der Waals surface area contributed by atoms with Crippen molar-refractivity contribution in [2.45, 2.75) is 64.2 Å². The molecule has 1 saturated heterocycles. The number of thiophene rings is 1. The van der Waals surface area contributed by atoms with Gasteiger partial charge in [-0.15, -0.1) is 11.3 Å². The van der Waals surface area contributed by atoms with Gasteiger partial charge in [-0.05, 0) is 57.5 Å². The second-order valence-corrected chi connectivity index (χ2v) is 8.26. The Labute approximate surface area is 136 Å². The van der Waals surface area contributed by atoms with Crippen LogP contribution >= 0.6 is 11.3 Å². The minimum atomic E-state index is -0.450. The molecule has 0 saturated carbocycles. The predicted octanol–water partition coefficient (Wildman–Crippen LogP) is 3.94. The van der Waals surface area contributed by atoms with Crippen molar-refractivity contribution in [2.24, 2.45) is 0 Å². The van der Waals surface area contributed by atoms with Crippen molar-refractivity contribution < 1.29 is 14.3 Å². The Morgan fingerprint density at radius 3 is 2.95 bits per heavy atom. The molecule has 2 aliphatic heterocycles. The molecule has 122 valence electrons. The quantitative estimate of drug-likeness (QED) is 0.726. The first kappa shape index (κ1) is 15.8. The van der Waals surface area contributed by atoms with Crippen LogP contribution in [0.3, 0.4) is 0 Å². The molecular formula is C17H25NO3S. The number of nitrogens with zero attached hydrogens (tertiary/aromatic N) is 1. The van der Waals surface area contributed by atoms with Gasteiger partial charge in [0, 0.05) is 23.9 Å². The van der Waals surface area contributed by atoms with Gasteiger partial charge in [-0.25, -0.2) is 4.79 Å². The fraction of sp³-hybridized carbons (Fsp3) is 0.706. The van der Waals surface area contributed by atoms with Crippen molar-refractivity contribution in [1.29, 1.82) is 0 Å². The molecule has 1 amide bonds. The van der Waals surface area contributed by atoms with Crippen LogP contribution in [-0.2, 0) is 21.5 Å². The zero-order valence-corrected chi connectivity index (χ0v) is 14.7. The molecule has 0 radical (unpaired) electrons. The molecule has 0 unspecified atom stereocenters. The fourth-order valence-corrected chi connectivity index (χ4v) is 4.64. The molecule has 3 rings (SSSR count). The Morgan fingerprint density at radius 2 is 2.27 bits per heavy atom. The largest absolute Gasteiger partial charge is 0.444 e. The van der Waals surface area contributed by atoms with Crippen molar-refractivity contribution in [3.05, 3.63) is 21.9 Å². The van der Waals surface area contributed by atoms with Crippen molar-refractivity contribution in [1.82, 2.24) is 4.90 Å². The number of amides is 1. The van der Waals surface area contributed by atoms with Gasteiger partial charge in [0.15, 0.2) is 0 Å². The summed E-state index contributed by atoms with van der Waals surface area (Å²) < 4.78 is 11.7. The van der Waals surface area contributed by atoms with Gasteiger partial charge < -0.3 is 14.4 Å². The molecule has 2 atom stereocenters. The number of carbonyl (C=O) groups excluding carboxylic acids is 1. The van der Waals surface area contributed by atoms with Crippen LogP contribution in [0.5, 0.6) is 0 Å². The molecule has 1 aromatic rings. The molecule has 0 aliphatic carbocycles. The molecule has 1 fully saturated rings. The van der Waals surface area contributed by atoms with E-state index in [0.29, 0.717) is 6.54 Å². The molecule has 0 N–H and O–H groups in total. The van der Waals surface area contributed by atoms with E-state index in [4.69, 9.17) is 9.47 Å². The molecule has 1 aromatic heterocycles. The summed E-state index contributed by atoms with van der Waals surface area (Å²) in [6.45, 7) is 9.28. The van der Waals surface area contributed by atoms with E-state index in [1.165, 1.54) is 10.4 Å². The van der Waals surface area contributed by atoms with Crippen LogP contribution < -0.4 is 0 Å². The lowest BCUT2D eigenvalue weighted by Gasteiger charge is -2.46. The highest BCUT2D eigenvalue weighted by molar-refractivity contribution is 7.10. The van der Waals surface area contributed by atoms with Gasteiger partial charge in [-0.1, -0.05) is 0 Å². The Bertz CT molecular complexity index is 562. The van der Waals surface area contributed by atoms with Gasteiger partial charge >= 0.3 is 6.09 Å². The van der Waals surface area contributed by atoms with Crippen molar-refractivity contribution in [3.63, 3.8) is 0 Å². The summed E-state index contributed by atoms with van der Waals surface area (Å²) in [6, 6.07) is 2.34. The first-order valence-electron chi connectivity index (χ1n) is 8.01. The lowest BCUT2D eigenvalue weighted by molar-refractivity contribution is -0.108. The molecule has 22 heavy (non-hydrogen) atoms. The van der Waals surface area contributed by atoms with Gasteiger partial charge in [0.2, 0.25) is 0 Å². The average Bonchev–Trinajstić information content (AvgIpc) is 2.86. The smallest absolute Gasteiger partial charge is 0.410 e. The number of rotatable bonds is 0. The summed E-state index contributed by atoms with van der Waals surface area (Å²) >= 11 is 1.79. The van der Waals surface area contributed by atoms with E-state index < -0.39 is 5.60 Å². The van der Waals surface area contributed by atoms with Crippen LogP contribution in [0.4, 0.5) is 4.79 Å². The van der Waals surface area contributed by atoms with Gasteiger partial charge in [-0.2, -0.15) is 0 Å². The van der Waals surface area contributed by atoms with E-state index >= 15 is 0 Å². The molecule has 5 heteroatoms. The second-order valence-electron chi connectivity index (χ2n) is 7.34. The van der Waals surface area contributed by atoms with Crippen LogP contribution in [-0.4, -0.2) is 35.8 Å². The first-order chi connectivity index (χ1) is 10.3. The number of likely N-dealkylation sites (tertiary alicyclic amines) is 1. The fourth-order valence-electron chi connectivity index (χ4n) is 3.49. The van der Waals surface area contributed by atoms with Gasteiger partial charge in [0.05, 0.1) is 6.61 Å². The van der Waals surface area contributed by atoms with Crippen molar-refractivity contribution in [2.75, 3.05) is 13.2 Å². The zero-order chi connectivity index (χ0) is 16.0. The number of carbonyl (C=O) groups is 1. The highest BCUT2D eigenvalue weighted by atomic mass is 32.1. The maximum absolute atomic E-state index is 12.4. The Kier molecular flexibility index (Phi) is 3.98. The Hall–Kier alpha value is -1.07. The number of hydrogen-bond acceptors (Lipinski definition) is 4. The molecule has 2 aliphatic rings. The van der Waals surface area contributed by atoms with Crippen molar-refractivity contribution in [3.8, 4) is 0 Å². The standard InChI is InChI=1S/C17H25NO3S/c1-12-11-17(14-13(5-9-20-17)6-10-22-14)7-8-18(12)15(19)21-16(2,3)4/h6,10,12H,5,7-9,11H2,1-4H3/t12-,17+/m0/s1. The van der Waals surface area contributed by atoms with E-state index in [1.54, 1.807) is 11.3 Å². The van der Waals surface area contributed by atoms with Crippen LogP contribution in [0.15, 0.2) is 11.4 Å². The third-order valence-corrected chi connectivity index (χ3v) is 5.59. The van der Waals surface area contributed by atoms with Crippen molar-refractivity contribution >= 4 is 17.4 Å². The van der Waals surface area contributed by atoms with Gasteiger partial charge in [0.1, 0.15) is 11.2 Å². The molecular weight excluding hydrogens is 298 g/mol. The van der Waals surface area contributed by atoms with Crippen LogP contribution in [0, 0.1) is 0 Å². The highest BCUT2D eigenvalue weighted by Crippen LogP contribution is 2.45. The van der Waals surface area contributed by atoms with Gasteiger partial charge in [-0.3, -0.25) is 0 Å². The van der Waals surface area contributed by atoms with E-state index in [-0.39, 0.29) is 17.7 Å². The number of ether oxygens (including phenoxy) is 2. The zero-order valence-electron chi connectivity index (χ0n) is 13.8. The monoisotopic (exact) mass is 323 g/mol. The van der Waals surface area contributed by atoms with E-state index in [9.17, 15) is 4.79 Å². The van der Waals surface area contributed by atoms with Crippen LogP contribution in [0.1, 0.15) is 51.0 Å². The topological polar surface area (TPSA) is 38.8 Å². The molecule has 4 nitrogen and oxygen atoms in total. The van der Waals surface area contributed by atoms with Gasteiger partial charge in [0.25, 0.3) is 0 Å². The Balaban J connectivity index is 1.75. The van der Waals surface area contributed by atoms with E-state index in [1.807, 2.05) is 25.7 Å². The number of piperidine rings is 1. The third-order valence-electron chi connectivity index (χ3n) is 4.45. The molecule has 3 heterocycles. The molecule has 1 spiro atoms. The summed E-state index contributed by atoms with van der Waals surface area (Å²) in [5, 5.41) is 2.16. The summed E-state index contributed by atoms with van der Waals surface area (Å²) in [6.07, 6.45) is 2.49. The molecule has 0 aromatic carbocycles. The predicted molar refractivity (Wildman–Crippen MR) is 87.3 cm³/mol. The van der Waals surface area contributed by atoms with Crippen LogP contribution in [0.2, 0.25) is 0 Å². The Morgan fingerprint density at radius 1 is 1.50 bits per heavy atom. The summed E-state index contributed by atoms with van der Waals surface area (Å²) in [4.78, 5) is 15.6. The first-order valence-corrected chi connectivity index (χ1v) is 8.89. The lowest BCUT2D eigenvalue weighted by atomic mass is 9.82. The summed E-state index contributed by atoms with van der Waals surface area (Å²) in [7, 11) is 0. The minimum absolute atomic E-state index is 0.122. The number of hydrogen-bond donors (Lipinski definition) is 0. The molecule has 0 bridgehead atoms. The normalized spacial score (nSPS) is 28.5. The maximum Gasteiger partial charge on any atom is 0.410 e. The second kappa shape index (κ2) is 5.53. The third kappa shape index (κ3) is 2.88.